The first-order valence-corrected chi connectivity index (χ1v) is 12.6. The minimum atomic E-state index is -0.334. The lowest BCUT2D eigenvalue weighted by Gasteiger charge is -2.11. The molecule has 1 aromatic heterocycles. The van der Waals surface area contributed by atoms with Gasteiger partial charge in [-0.25, -0.2) is 5.43 Å². The molecule has 8 nitrogen and oxygen atoms in total. The summed E-state index contributed by atoms with van der Waals surface area (Å²) < 4.78 is 7.12. The number of aromatic nitrogens is 3. The standard InChI is InChI=1S/C27H24ClN5O3S/c1-3-5-18-6-4-7-20(25(18)35)16-29-30-24(34)17-37-27-32-31-26(19-8-14-23(36-2)15-9-19)33(27)22-12-10-21(28)11-13-22/h3-4,6-16,35H,1,5,17H2,2H3,(H,30,34)/b29-16+. The molecule has 0 atom stereocenters. The number of hydrazone groups is 1. The highest BCUT2D eigenvalue weighted by atomic mass is 35.5. The second-order valence-corrected chi connectivity index (χ2v) is 9.16. The van der Waals surface area contributed by atoms with Crippen LogP contribution in [0.2, 0.25) is 5.02 Å². The van der Waals surface area contributed by atoms with E-state index < -0.39 is 0 Å². The Kier molecular flexibility index (Phi) is 8.60. The number of para-hydroxylation sites is 1. The summed E-state index contributed by atoms with van der Waals surface area (Å²) in [5, 5.41) is 24.1. The Balaban J connectivity index is 1.50. The quantitative estimate of drug-likeness (QED) is 0.125. The van der Waals surface area contributed by atoms with E-state index in [4.69, 9.17) is 16.3 Å². The predicted octanol–water partition coefficient (Wildman–Crippen LogP) is 5.27. The molecule has 0 spiro atoms. The molecule has 0 saturated carbocycles. The van der Waals surface area contributed by atoms with Gasteiger partial charge in [0.2, 0.25) is 0 Å². The number of phenolic OH excluding ortho intramolecular Hbond substituents is 1. The average molecular weight is 534 g/mol. The number of amides is 1. The normalized spacial score (nSPS) is 11.0. The molecule has 4 aromatic rings. The maximum Gasteiger partial charge on any atom is 0.250 e. The first-order chi connectivity index (χ1) is 18.0. The zero-order valence-electron chi connectivity index (χ0n) is 20.0. The summed E-state index contributed by atoms with van der Waals surface area (Å²) in [6, 6.07) is 20.1. The molecule has 188 valence electrons. The van der Waals surface area contributed by atoms with Crippen LogP contribution >= 0.6 is 23.4 Å². The third-order valence-electron chi connectivity index (χ3n) is 5.31. The number of carbonyl (C=O) groups is 1. The van der Waals surface area contributed by atoms with Crippen molar-refractivity contribution in [3.05, 3.63) is 95.5 Å². The first-order valence-electron chi connectivity index (χ1n) is 11.2. The zero-order chi connectivity index (χ0) is 26.2. The van der Waals surface area contributed by atoms with Crippen molar-refractivity contribution in [3.8, 4) is 28.6 Å². The molecule has 0 fully saturated rings. The number of hydrogen-bond acceptors (Lipinski definition) is 7. The van der Waals surface area contributed by atoms with E-state index in [1.54, 1.807) is 37.5 Å². The molecule has 0 radical (unpaired) electrons. The Bertz CT molecular complexity index is 1420. The largest absolute Gasteiger partial charge is 0.507 e. The first kappa shape index (κ1) is 26.0. The van der Waals surface area contributed by atoms with Gasteiger partial charge in [-0.2, -0.15) is 5.10 Å². The molecule has 4 rings (SSSR count). The Morgan fingerprint density at radius 2 is 1.92 bits per heavy atom. The predicted molar refractivity (Wildman–Crippen MR) is 147 cm³/mol. The van der Waals surface area contributed by atoms with Crippen molar-refractivity contribution in [2.24, 2.45) is 5.10 Å². The fourth-order valence-electron chi connectivity index (χ4n) is 3.49. The van der Waals surface area contributed by atoms with Gasteiger partial charge >= 0.3 is 0 Å². The number of aromatic hydroxyl groups is 1. The molecule has 2 N–H and O–H groups in total. The minimum Gasteiger partial charge on any atom is -0.507 e. The molecule has 37 heavy (non-hydrogen) atoms. The van der Waals surface area contributed by atoms with E-state index in [-0.39, 0.29) is 17.4 Å². The van der Waals surface area contributed by atoms with E-state index in [0.717, 1.165) is 22.6 Å². The molecule has 10 heteroatoms. The summed E-state index contributed by atoms with van der Waals surface area (Å²) >= 11 is 7.31. The van der Waals surface area contributed by atoms with Gasteiger partial charge in [-0.05, 0) is 66.6 Å². The molecule has 3 aromatic carbocycles. The van der Waals surface area contributed by atoms with Crippen molar-refractivity contribution in [3.63, 3.8) is 0 Å². The number of benzene rings is 3. The van der Waals surface area contributed by atoms with E-state index in [1.807, 2.05) is 47.0 Å². The Morgan fingerprint density at radius 1 is 1.16 bits per heavy atom. The molecule has 0 saturated heterocycles. The molecular weight excluding hydrogens is 510 g/mol. The maximum absolute atomic E-state index is 12.5. The summed E-state index contributed by atoms with van der Waals surface area (Å²) in [7, 11) is 1.61. The van der Waals surface area contributed by atoms with E-state index >= 15 is 0 Å². The summed E-state index contributed by atoms with van der Waals surface area (Å²) in [4.78, 5) is 12.5. The van der Waals surface area contributed by atoms with Gasteiger partial charge in [-0.1, -0.05) is 41.6 Å². The van der Waals surface area contributed by atoms with Crippen LogP contribution in [0.15, 0.2) is 89.6 Å². The molecule has 1 heterocycles. The van der Waals surface area contributed by atoms with Crippen LogP contribution in [0.1, 0.15) is 11.1 Å². The van der Waals surface area contributed by atoms with Gasteiger partial charge in [-0.15, -0.1) is 16.8 Å². The molecule has 1 amide bonds. The van der Waals surface area contributed by atoms with Crippen LogP contribution in [0.5, 0.6) is 11.5 Å². The Morgan fingerprint density at radius 3 is 2.62 bits per heavy atom. The number of nitrogens with zero attached hydrogens (tertiary/aromatic N) is 4. The second-order valence-electron chi connectivity index (χ2n) is 7.78. The van der Waals surface area contributed by atoms with Crippen molar-refractivity contribution in [1.82, 2.24) is 20.2 Å². The fourth-order valence-corrected chi connectivity index (χ4v) is 4.36. The van der Waals surface area contributed by atoms with Crippen LogP contribution in [-0.4, -0.2) is 44.9 Å². The van der Waals surface area contributed by atoms with Crippen molar-refractivity contribution in [2.45, 2.75) is 11.6 Å². The number of phenols is 1. The van der Waals surface area contributed by atoms with Gasteiger partial charge in [0.1, 0.15) is 11.5 Å². The summed E-state index contributed by atoms with van der Waals surface area (Å²) in [6.45, 7) is 3.69. The van der Waals surface area contributed by atoms with Crippen molar-refractivity contribution in [2.75, 3.05) is 12.9 Å². The van der Waals surface area contributed by atoms with Crippen molar-refractivity contribution < 1.29 is 14.6 Å². The monoisotopic (exact) mass is 533 g/mol. The van der Waals surface area contributed by atoms with Crippen LogP contribution in [0.3, 0.4) is 0 Å². The molecule has 0 aliphatic rings. The van der Waals surface area contributed by atoms with Crippen LogP contribution in [0.25, 0.3) is 17.1 Å². The van der Waals surface area contributed by atoms with Crippen LogP contribution in [-0.2, 0) is 11.2 Å². The third-order valence-corrected chi connectivity index (χ3v) is 6.49. The lowest BCUT2D eigenvalue weighted by atomic mass is 10.1. The van der Waals surface area contributed by atoms with E-state index in [0.29, 0.717) is 28.0 Å². The molecule has 0 aliphatic carbocycles. The Hall–Kier alpha value is -4.08. The van der Waals surface area contributed by atoms with E-state index in [9.17, 15) is 9.90 Å². The highest BCUT2D eigenvalue weighted by molar-refractivity contribution is 7.99. The summed E-state index contributed by atoms with van der Waals surface area (Å²) in [5.41, 5.74) is 5.36. The number of carbonyl (C=O) groups excluding carboxylic acids is 1. The number of thioether (sulfide) groups is 1. The minimum absolute atomic E-state index is 0.0498. The number of hydrogen-bond donors (Lipinski definition) is 2. The number of rotatable bonds is 10. The number of halogens is 1. The van der Waals surface area contributed by atoms with Crippen molar-refractivity contribution >= 4 is 35.5 Å². The van der Waals surface area contributed by atoms with E-state index in [1.165, 1.54) is 18.0 Å². The van der Waals surface area contributed by atoms with Gasteiger partial charge in [0.15, 0.2) is 11.0 Å². The smallest absolute Gasteiger partial charge is 0.250 e. The van der Waals surface area contributed by atoms with Crippen LogP contribution < -0.4 is 10.2 Å². The highest BCUT2D eigenvalue weighted by Gasteiger charge is 2.17. The molecule has 0 unspecified atom stereocenters. The van der Waals surface area contributed by atoms with Crippen LogP contribution in [0.4, 0.5) is 0 Å². The topological polar surface area (TPSA) is 102 Å². The average Bonchev–Trinajstić information content (AvgIpc) is 3.34. The lowest BCUT2D eigenvalue weighted by molar-refractivity contribution is -0.118. The third kappa shape index (κ3) is 6.38. The lowest BCUT2D eigenvalue weighted by Crippen LogP contribution is -2.20. The number of ether oxygens (including phenoxy) is 1. The SMILES string of the molecule is C=CCc1cccc(/C=N/NC(=O)CSc2nnc(-c3ccc(OC)cc3)n2-c2ccc(Cl)cc2)c1O. The second kappa shape index (κ2) is 12.2. The Labute approximate surface area is 223 Å². The summed E-state index contributed by atoms with van der Waals surface area (Å²) in [6.07, 6.45) is 3.64. The van der Waals surface area contributed by atoms with Gasteiger partial charge in [-0.3, -0.25) is 9.36 Å². The number of methoxy groups -OCH3 is 1. The van der Waals surface area contributed by atoms with Gasteiger partial charge < -0.3 is 9.84 Å². The molecular formula is C27H24ClN5O3S. The highest BCUT2D eigenvalue weighted by Crippen LogP contribution is 2.29. The molecule has 0 bridgehead atoms. The number of nitrogens with one attached hydrogen (secondary N) is 1. The van der Waals surface area contributed by atoms with E-state index in [2.05, 4.69) is 27.3 Å². The van der Waals surface area contributed by atoms with Crippen LogP contribution in [0, 0.1) is 0 Å². The van der Waals surface area contributed by atoms with Gasteiger partial charge in [0, 0.05) is 21.8 Å². The number of allylic oxidation sites excluding steroid dienone is 1. The summed E-state index contributed by atoms with van der Waals surface area (Å²) in [5.74, 6) is 1.17. The van der Waals surface area contributed by atoms with Gasteiger partial charge in [0.05, 0.1) is 19.1 Å². The fraction of sp³-hybridized carbons (Fsp3) is 0.111. The molecule has 0 aliphatic heterocycles. The van der Waals surface area contributed by atoms with Crippen molar-refractivity contribution in [1.29, 1.82) is 0 Å². The zero-order valence-corrected chi connectivity index (χ0v) is 21.5. The van der Waals surface area contributed by atoms with Gasteiger partial charge in [0.25, 0.3) is 5.91 Å². The maximum atomic E-state index is 12.5.